The van der Waals surface area contributed by atoms with E-state index >= 15 is 0 Å². The van der Waals surface area contributed by atoms with Gasteiger partial charge in [0.1, 0.15) is 5.69 Å². The van der Waals surface area contributed by atoms with E-state index in [9.17, 15) is 4.79 Å². The van der Waals surface area contributed by atoms with Crippen LogP contribution in [0.15, 0.2) is 48.7 Å². The molecule has 23 heavy (non-hydrogen) atoms. The van der Waals surface area contributed by atoms with Crippen LogP contribution in [-0.2, 0) is 13.0 Å². The molecular weight excluding hydrogens is 312 g/mol. The monoisotopic (exact) mass is 328 g/mol. The number of thiophene rings is 1. The number of hydroxylamine groups is 1. The Morgan fingerprint density at radius 3 is 2.83 bits per heavy atom. The van der Waals surface area contributed by atoms with E-state index in [1.165, 1.54) is 16.9 Å². The Kier molecular flexibility index (Phi) is 4.80. The average molecular weight is 328 g/mol. The fourth-order valence-corrected chi connectivity index (χ4v) is 3.11. The van der Waals surface area contributed by atoms with Crippen molar-refractivity contribution >= 4 is 17.2 Å². The van der Waals surface area contributed by atoms with Gasteiger partial charge < -0.3 is 0 Å². The van der Waals surface area contributed by atoms with Gasteiger partial charge in [-0.2, -0.15) is 0 Å². The SMILES string of the molecule is O=C(NO)c1ccc(-c2cn(CCCc3ccccc3)nn2)s1. The number of hydrogen-bond acceptors (Lipinski definition) is 5. The Labute approximate surface area is 137 Å². The first-order chi connectivity index (χ1) is 11.3. The van der Waals surface area contributed by atoms with Gasteiger partial charge in [0.25, 0.3) is 5.91 Å². The molecule has 6 nitrogen and oxygen atoms in total. The van der Waals surface area contributed by atoms with Crippen LogP contribution in [0, 0.1) is 0 Å². The zero-order chi connectivity index (χ0) is 16.1. The van der Waals surface area contributed by atoms with Crippen LogP contribution in [0.3, 0.4) is 0 Å². The minimum Gasteiger partial charge on any atom is -0.288 e. The maximum atomic E-state index is 11.3. The highest BCUT2D eigenvalue weighted by atomic mass is 32.1. The minimum atomic E-state index is -0.517. The molecule has 0 saturated carbocycles. The molecule has 0 atom stereocenters. The molecule has 3 rings (SSSR count). The highest BCUT2D eigenvalue weighted by Gasteiger charge is 2.11. The molecule has 7 heteroatoms. The van der Waals surface area contributed by atoms with E-state index in [-0.39, 0.29) is 0 Å². The first-order valence-corrected chi connectivity index (χ1v) is 8.06. The van der Waals surface area contributed by atoms with Crippen molar-refractivity contribution in [2.45, 2.75) is 19.4 Å². The molecule has 0 aliphatic heterocycles. The summed E-state index contributed by atoms with van der Waals surface area (Å²) in [7, 11) is 0. The van der Waals surface area contributed by atoms with Crippen molar-refractivity contribution in [1.82, 2.24) is 20.5 Å². The number of rotatable bonds is 6. The molecule has 118 valence electrons. The van der Waals surface area contributed by atoms with Crippen LogP contribution in [0.1, 0.15) is 21.7 Å². The third-order valence-electron chi connectivity index (χ3n) is 3.42. The molecule has 2 aromatic heterocycles. The summed E-state index contributed by atoms with van der Waals surface area (Å²) >= 11 is 1.26. The first-order valence-electron chi connectivity index (χ1n) is 7.25. The Balaban J connectivity index is 1.59. The van der Waals surface area contributed by atoms with E-state index in [1.54, 1.807) is 17.6 Å². The molecule has 2 heterocycles. The fraction of sp³-hybridized carbons (Fsp3) is 0.188. The zero-order valence-corrected chi connectivity index (χ0v) is 13.2. The molecule has 0 fully saturated rings. The van der Waals surface area contributed by atoms with Crippen molar-refractivity contribution in [1.29, 1.82) is 0 Å². The van der Waals surface area contributed by atoms with Gasteiger partial charge in [-0.05, 0) is 30.5 Å². The van der Waals surface area contributed by atoms with Crippen molar-refractivity contribution in [3.05, 3.63) is 59.1 Å². The summed E-state index contributed by atoms with van der Waals surface area (Å²) in [4.78, 5) is 12.6. The second-order valence-electron chi connectivity index (χ2n) is 5.06. The molecule has 1 aromatic carbocycles. The number of benzene rings is 1. The number of carbonyl (C=O) groups excluding carboxylic acids is 1. The van der Waals surface area contributed by atoms with Gasteiger partial charge in [0.05, 0.1) is 16.0 Å². The zero-order valence-electron chi connectivity index (χ0n) is 12.3. The lowest BCUT2D eigenvalue weighted by Crippen LogP contribution is -2.16. The van der Waals surface area contributed by atoms with Crippen molar-refractivity contribution < 1.29 is 10.0 Å². The Hall–Kier alpha value is -2.51. The molecule has 0 spiro atoms. The van der Waals surface area contributed by atoms with Crippen LogP contribution in [0.4, 0.5) is 0 Å². The topological polar surface area (TPSA) is 80.0 Å². The van der Waals surface area contributed by atoms with Gasteiger partial charge in [-0.3, -0.25) is 14.7 Å². The molecule has 0 aliphatic carbocycles. The summed E-state index contributed by atoms with van der Waals surface area (Å²) < 4.78 is 1.81. The van der Waals surface area contributed by atoms with Crippen LogP contribution in [0.25, 0.3) is 10.6 Å². The van der Waals surface area contributed by atoms with Gasteiger partial charge in [0.15, 0.2) is 0 Å². The summed E-state index contributed by atoms with van der Waals surface area (Å²) in [5.41, 5.74) is 3.66. The molecule has 0 aliphatic rings. The predicted molar refractivity (Wildman–Crippen MR) is 87.4 cm³/mol. The summed E-state index contributed by atoms with van der Waals surface area (Å²) in [5, 5.41) is 16.9. The van der Waals surface area contributed by atoms with Gasteiger partial charge in [0.2, 0.25) is 0 Å². The minimum absolute atomic E-state index is 0.432. The number of nitrogens with zero attached hydrogens (tertiary/aromatic N) is 3. The second kappa shape index (κ2) is 7.17. The van der Waals surface area contributed by atoms with Gasteiger partial charge in [-0.25, -0.2) is 5.48 Å². The van der Waals surface area contributed by atoms with Crippen molar-refractivity contribution in [3.8, 4) is 10.6 Å². The standard InChI is InChI=1S/C16H16N4O2S/c21-16(18-22)15-9-8-14(23-15)13-11-20(19-17-13)10-4-7-12-5-2-1-3-6-12/h1-3,5-6,8-9,11,22H,4,7,10H2,(H,18,21). The molecule has 1 amide bonds. The average Bonchev–Trinajstić information content (AvgIpc) is 3.24. The van der Waals surface area contributed by atoms with Crippen LogP contribution in [-0.4, -0.2) is 26.1 Å². The quantitative estimate of drug-likeness (QED) is 0.538. The molecule has 3 aromatic rings. The largest absolute Gasteiger partial charge is 0.288 e. The summed E-state index contributed by atoms with van der Waals surface area (Å²) in [6.45, 7) is 0.789. The van der Waals surface area contributed by atoms with Crippen LogP contribution in [0.2, 0.25) is 0 Å². The third-order valence-corrected chi connectivity index (χ3v) is 4.52. The van der Waals surface area contributed by atoms with Crippen molar-refractivity contribution in [3.63, 3.8) is 0 Å². The van der Waals surface area contributed by atoms with Gasteiger partial charge >= 0.3 is 0 Å². The maximum Gasteiger partial charge on any atom is 0.284 e. The van der Waals surface area contributed by atoms with Crippen molar-refractivity contribution in [2.24, 2.45) is 0 Å². The highest BCUT2D eigenvalue weighted by Crippen LogP contribution is 2.26. The normalized spacial score (nSPS) is 10.7. The molecule has 0 saturated heterocycles. The van der Waals surface area contributed by atoms with Gasteiger partial charge in [0, 0.05) is 6.54 Å². The van der Waals surface area contributed by atoms with Gasteiger partial charge in [-0.15, -0.1) is 16.4 Å². The third kappa shape index (κ3) is 3.82. The Morgan fingerprint density at radius 2 is 2.04 bits per heavy atom. The summed E-state index contributed by atoms with van der Waals surface area (Å²) in [6, 6.07) is 13.8. The number of hydrogen-bond donors (Lipinski definition) is 2. The van der Waals surface area contributed by atoms with E-state index in [0.29, 0.717) is 4.88 Å². The van der Waals surface area contributed by atoms with Crippen molar-refractivity contribution in [2.75, 3.05) is 0 Å². The lowest BCUT2D eigenvalue weighted by Gasteiger charge is -2.01. The van der Waals surface area contributed by atoms with E-state index in [0.717, 1.165) is 30.0 Å². The number of carbonyl (C=O) groups is 1. The predicted octanol–water partition coefficient (Wildman–Crippen LogP) is 2.76. The van der Waals surface area contributed by atoms with Crippen LogP contribution in [0.5, 0.6) is 0 Å². The molecule has 0 unspecified atom stereocenters. The number of aromatic nitrogens is 3. The van der Waals surface area contributed by atoms with E-state index < -0.39 is 5.91 Å². The Bertz CT molecular complexity index is 782. The van der Waals surface area contributed by atoms with E-state index in [2.05, 4.69) is 22.4 Å². The van der Waals surface area contributed by atoms with Gasteiger partial charge in [-0.1, -0.05) is 35.5 Å². The smallest absolute Gasteiger partial charge is 0.284 e. The second-order valence-corrected chi connectivity index (χ2v) is 6.14. The maximum absolute atomic E-state index is 11.3. The van der Waals surface area contributed by atoms with Crippen LogP contribution >= 0.6 is 11.3 Å². The lowest BCUT2D eigenvalue weighted by atomic mass is 10.1. The number of nitrogens with one attached hydrogen (secondary N) is 1. The molecule has 0 bridgehead atoms. The molecule has 0 radical (unpaired) electrons. The lowest BCUT2D eigenvalue weighted by molar-refractivity contribution is 0.0711. The number of amides is 1. The van der Waals surface area contributed by atoms with Crippen LogP contribution < -0.4 is 5.48 Å². The number of aryl methyl sites for hydroxylation is 2. The molecular formula is C16H16N4O2S. The first kappa shape index (κ1) is 15.4. The Morgan fingerprint density at radius 1 is 1.22 bits per heavy atom. The fourth-order valence-electron chi connectivity index (χ4n) is 2.26. The highest BCUT2D eigenvalue weighted by molar-refractivity contribution is 7.17. The van der Waals surface area contributed by atoms with E-state index in [1.807, 2.05) is 29.1 Å². The molecule has 2 N–H and O–H groups in total. The van der Waals surface area contributed by atoms with E-state index in [4.69, 9.17) is 5.21 Å². The summed E-state index contributed by atoms with van der Waals surface area (Å²) in [5.74, 6) is -0.517. The summed E-state index contributed by atoms with van der Waals surface area (Å²) in [6.07, 6.45) is 3.85.